The summed E-state index contributed by atoms with van der Waals surface area (Å²) in [6.07, 6.45) is 0. The lowest BCUT2D eigenvalue weighted by molar-refractivity contribution is -0.137. The van der Waals surface area contributed by atoms with E-state index in [-0.39, 0.29) is 23.4 Å². The summed E-state index contributed by atoms with van der Waals surface area (Å²) in [5.74, 6) is 0.680. The summed E-state index contributed by atoms with van der Waals surface area (Å²) in [7, 11) is 3.12. The maximum atomic E-state index is 13.2. The normalized spacial score (nSPS) is 14.1. The molecule has 29 heavy (non-hydrogen) atoms. The number of hydrogen-bond donors (Lipinski definition) is 1. The van der Waals surface area contributed by atoms with Gasteiger partial charge in [0, 0.05) is 12.6 Å². The van der Waals surface area contributed by atoms with Crippen molar-refractivity contribution < 1.29 is 19.1 Å². The van der Waals surface area contributed by atoms with E-state index in [4.69, 9.17) is 9.47 Å². The Morgan fingerprint density at radius 3 is 2.24 bits per heavy atom. The number of hydrogen-bond acceptors (Lipinski definition) is 5. The third-order valence-electron chi connectivity index (χ3n) is 4.72. The summed E-state index contributed by atoms with van der Waals surface area (Å²) in [5.41, 5.74) is 2.93. The average molecular weight is 394 g/mol. The minimum absolute atomic E-state index is 0.160. The molecule has 152 valence electrons. The number of ether oxygens (including phenoxy) is 2. The predicted octanol–water partition coefficient (Wildman–Crippen LogP) is 3.86. The molecule has 0 radical (unpaired) electrons. The van der Waals surface area contributed by atoms with Crippen LogP contribution in [0.5, 0.6) is 11.5 Å². The van der Waals surface area contributed by atoms with E-state index in [1.165, 1.54) is 4.90 Å². The van der Waals surface area contributed by atoms with Gasteiger partial charge in [-0.25, -0.2) is 0 Å². The summed E-state index contributed by atoms with van der Waals surface area (Å²) in [4.78, 5) is 27.6. The van der Waals surface area contributed by atoms with Crippen LogP contribution >= 0.6 is 0 Å². The molecule has 0 unspecified atom stereocenters. The number of nitrogens with zero attached hydrogens (tertiary/aromatic N) is 1. The molecule has 0 bridgehead atoms. The van der Waals surface area contributed by atoms with Gasteiger partial charge in [-0.1, -0.05) is 43.7 Å². The zero-order valence-electron chi connectivity index (χ0n) is 17.4. The van der Waals surface area contributed by atoms with Gasteiger partial charge < -0.3 is 14.8 Å². The van der Waals surface area contributed by atoms with Crippen molar-refractivity contribution in [3.8, 4) is 11.5 Å². The van der Waals surface area contributed by atoms with E-state index in [2.05, 4.69) is 5.32 Å². The van der Waals surface area contributed by atoms with Crippen LogP contribution in [-0.4, -0.2) is 37.5 Å². The molecular weight excluding hydrogens is 368 g/mol. The minimum atomic E-state index is -0.343. The molecule has 6 nitrogen and oxygen atoms in total. The van der Waals surface area contributed by atoms with E-state index in [9.17, 15) is 9.59 Å². The zero-order valence-corrected chi connectivity index (χ0v) is 17.4. The first-order chi connectivity index (χ1) is 13.8. The summed E-state index contributed by atoms with van der Waals surface area (Å²) < 4.78 is 10.7. The van der Waals surface area contributed by atoms with Crippen molar-refractivity contribution in [3.05, 3.63) is 59.3 Å². The highest BCUT2D eigenvalue weighted by molar-refractivity contribution is 6.36. The van der Waals surface area contributed by atoms with Crippen LogP contribution in [-0.2, 0) is 9.59 Å². The summed E-state index contributed by atoms with van der Waals surface area (Å²) in [6.45, 7) is 6.28. The molecule has 0 saturated carbocycles. The second-order valence-electron chi connectivity index (χ2n) is 7.42. The van der Waals surface area contributed by atoms with Crippen molar-refractivity contribution in [1.29, 1.82) is 0 Å². The first-order valence-corrected chi connectivity index (χ1v) is 9.52. The Kier molecular flexibility index (Phi) is 5.92. The number of methoxy groups -OCH3 is 2. The van der Waals surface area contributed by atoms with Gasteiger partial charge in [-0.3, -0.25) is 14.5 Å². The third-order valence-corrected chi connectivity index (χ3v) is 4.72. The monoisotopic (exact) mass is 394 g/mol. The maximum absolute atomic E-state index is 13.2. The molecule has 2 amide bonds. The van der Waals surface area contributed by atoms with E-state index < -0.39 is 0 Å². The minimum Gasteiger partial charge on any atom is -0.497 e. The molecule has 0 fully saturated rings. The smallest absolute Gasteiger partial charge is 0.278 e. The number of benzene rings is 2. The molecule has 0 spiro atoms. The van der Waals surface area contributed by atoms with Crippen molar-refractivity contribution in [2.24, 2.45) is 5.92 Å². The second kappa shape index (κ2) is 8.39. The predicted molar refractivity (Wildman–Crippen MR) is 113 cm³/mol. The van der Waals surface area contributed by atoms with Crippen LogP contribution in [0, 0.1) is 12.8 Å². The number of aryl methyl sites for hydroxylation is 1. The Hall–Kier alpha value is -3.28. The van der Waals surface area contributed by atoms with E-state index >= 15 is 0 Å². The lowest BCUT2D eigenvalue weighted by atomic mass is 10.0. The standard InChI is InChI=1S/C23H26N2O4/c1-14(2)13-25-22(26)20(16-8-6-15(3)7-9-16)21(23(25)27)24-18-12-17(28-4)10-11-19(18)29-5/h6-12,14,24H,13H2,1-5H3. The number of carbonyl (C=O) groups excluding carboxylic acids is 2. The van der Waals surface area contributed by atoms with Gasteiger partial charge >= 0.3 is 0 Å². The molecule has 1 heterocycles. The van der Waals surface area contributed by atoms with Crippen LogP contribution in [0.2, 0.25) is 0 Å². The number of rotatable bonds is 7. The quantitative estimate of drug-likeness (QED) is 0.723. The molecule has 0 aromatic heterocycles. The van der Waals surface area contributed by atoms with Gasteiger partial charge in [0.2, 0.25) is 0 Å². The number of nitrogens with one attached hydrogen (secondary N) is 1. The fourth-order valence-corrected chi connectivity index (χ4v) is 3.26. The lowest BCUT2D eigenvalue weighted by Crippen LogP contribution is -2.35. The van der Waals surface area contributed by atoms with E-state index in [1.807, 2.05) is 45.0 Å². The highest BCUT2D eigenvalue weighted by Gasteiger charge is 2.39. The van der Waals surface area contributed by atoms with Crippen molar-refractivity contribution in [3.63, 3.8) is 0 Å². The van der Waals surface area contributed by atoms with Crippen LogP contribution in [0.25, 0.3) is 5.57 Å². The average Bonchev–Trinajstić information content (AvgIpc) is 2.92. The van der Waals surface area contributed by atoms with Gasteiger partial charge in [-0.05, 0) is 30.5 Å². The van der Waals surface area contributed by atoms with Gasteiger partial charge in [0.05, 0.1) is 25.5 Å². The molecular formula is C23H26N2O4. The molecule has 0 saturated heterocycles. The molecule has 1 N–H and O–H groups in total. The molecule has 2 aromatic carbocycles. The molecule has 3 rings (SSSR count). The fourth-order valence-electron chi connectivity index (χ4n) is 3.26. The fraction of sp³-hybridized carbons (Fsp3) is 0.304. The highest BCUT2D eigenvalue weighted by Crippen LogP contribution is 2.35. The van der Waals surface area contributed by atoms with Crippen molar-refractivity contribution in [1.82, 2.24) is 4.90 Å². The zero-order chi connectivity index (χ0) is 21.1. The van der Waals surface area contributed by atoms with Crippen molar-refractivity contribution in [2.45, 2.75) is 20.8 Å². The first-order valence-electron chi connectivity index (χ1n) is 9.52. The van der Waals surface area contributed by atoms with Gasteiger partial charge in [-0.15, -0.1) is 0 Å². The van der Waals surface area contributed by atoms with Crippen LogP contribution in [0.3, 0.4) is 0 Å². The number of carbonyl (C=O) groups is 2. The SMILES string of the molecule is COc1ccc(OC)c(NC2=C(c3ccc(C)cc3)C(=O)N(CC(C)C)C2=O)c1. The van der Waals surface area contributed by atoms with Gasteiger partial charge in [0.25, 0.3) is 11.8 Å². The van der Waals surface area contributed by atoms with Crippen molar-refractivity contribution >= 4 is 23.1 Å². The topological polar surface area (TPSA) is 67.9 Å². The van der Waals surface area contributed by atoms with Crippen LogP contribution in [0.1, 0.15) is 25.0 Å². The molecule has 1 aliphatic rings. The second-order valence-corrected chi connectivity index (χ2v) is 7.42. The van der Waals surface area contributed by atoms with Crippen molar-refractivity contribution in [2.75, 3.05) is 26.1 Å². The van der Waals surface area contributed by atoms with Crippen LogP contribution in [0.4, 0.5) is 5.69 Å². The summed E-state index contributed by atoms with van der Waals surface area (Å²) >= 11 is 0. The van der Waals surface area contributed by atoms with Crippen LogP contribution in [0.15, 0.2) is 48.2 Å². The first kappa shape index (κ1) is 20.5. The highest BCUT2D eigenvalue weighted by atomic mass is 16.5. The molecule has 0 aliphatic carbocycles. The maximum Gasteiger partial charge on any atom is 0.278 e. The van der Waals surface area contributed by atoms with Gasteiger partial charge in [-0.2, -0.15) is 0 Å². The van der Waals surface area contributed by atoms with E-state index in [0.29, 0.717) is 34.9 Å². The number of amides is 2. The number of anilines is 1. The molecule has 0 atom stereocenters. The molecule has 6 heteroatoms. The van der Waals surface area contributed by atoms with Gasteiger partial charge in [0.1, 0.15) is 17.2 Å². The Balaban J connectivity index is 2.11. The Bertz CT molecular complexity index is 961. The number of imide groups is 1. The summed E-state index contributed by atoms with van der Waals surface area (Å²) in [6, 6.07) is 12.8. The Labute approximate surface area is 171 Å². The largest absolute Gasteiger partial charge is 0.497 e. The van der Waals surface area contributed by atoms with E-state index in [1.54, 1.807) is 32.4 Å². The Morgan fingerprint density at radius 1 is 0.966 bits per heavy atom. The summed E-state index contributed by atoms with van der Waals surface area (Å²) in [5, 5.41) is 3.14. The third kappa shape index (κ3) is 4.11. The Morgan fingerprint density at radius 2 is 1.66 bits per heavy atom. The molecule has 1 aliphatic heterocycles. The lowest BCUT2D eigenvalue weighted by Gasteiger charge is -2.18. The van der Waals surface area contributed by atoms with Gasteiger partial charge in [0.15, 0.2) is 0 Å². The van der Waals surface area contributed by atoms with E-state index in [0.717, 1.165) is 5.56 Å². The van der Waals surface area contributed by atoms with Crippen LogP contribution < -0.4 is 14.8 Å². The molecule has 2 aromatic rings.